The highest BCUT2D eigenvalue weighted by molar-refractivity contribution is 5.80. The van der Waals surface area contributed by atoms with Crippen LogP contribution < -0.4 is 10.5 Å². The number of aryl methyl sites for hydroxylation is 1. The zero-order valence-corrected chi connectivity index (χ0v) is 16.6. The predicted molar refractivity (Wildman–Crippen MR) is 109 cm³/mol. The van der Waals surface area contributed by atoms with Crippen LogP contribution in [0, 0.1) is 6.92 Å². The first kappa shape index (κ1) is 19.4. The first-order valence-corrected chi connectivity index (χ1v) is 9.92. The van der Waals surface area contributed by atoms with Crippen LogP contribution in [0.15, 0.2) is 51.9 Å². The number of carbonyl (C=O) groups excluding carboxylic acids is 1. The Morgan fingerprint density at radius 2 is 2.00 bits per heavy atom. The number of amides is 1. The SMILES string of the molecule is Cc1ccc2[nH]c(=O)c(CN(Cc3ccco3)C(=O)C[NH+]3CCOCC3)cc2c1. The lowest BCUT2D eigenvalue weighted by Crippen LogP contribution is -3.15. The van der Waals surface area contributed by atoms with Crippen LogP contribution in [0.3, 0.4) is 0 Å². The Morgan fingerprint density at radius 1 is 1.17 bits per heavy atom. The fourth-order valence-electron chi connectivity index (χ4n) is 3.68. The van der Waals surface area contributed by atoms with Gasteiger partial charge in [-0.2, -0.15) is 0 Å². The average Bonchev–Trinajstić information content (AvgIpc) is 3.22. The molecule has 0 unspecified atom stereocenters. The second-order valence-electron chi connectivity index (χ2n) is 7.58. The number of furan rings is 1. The van der Waals surface area contributed by atoms with Gasteiger partial charge in [0.25, 0.3) is 11.5 Å². The summed E-state index contributed by atoms with van der Waals surface area (Å²) in [5, 5.41) is 0.962. The number of quaternary nitrogens is 1. The van der Waals surface area contributed by atoms with Crippen molar-refractivity contribution < 1.29 is 18.8 Å². The summed E-state index contributed by atoms with van der Waals surface area (Å²) in [4.78, 5) is 31.5. The van der Waals surface area contributed by atoms with Gasteiger partial charge in [0.05, 0.1) is 32.6 Å². The molecule has 1 saturated heterocycles. The van der Waals surface area contributed by atoms with Crippen LogP contribution in [-0.4, -0.2) is 48.6 Å². The summed E-state index contributed by atoms with van der Waals surface area (Å²) in [7, 11) is 0. The van der Waals surface area contributed by atoms with E-state index in [2.05, 4.69) is 4.98 Å². The average molecular weight is 396 g/mol. The van der Waals surface area contributed by atoms with E-state index in [0.29, 0.717) is 37.6 Å². The van der Waals surface area contributed by atoms with Gasteiger partial charge in [-0.1, -0.05) is 11.6 Å². The van der Waals surface area contributed by atoms with E-state index in [9.17, 15) is 9.59 Å². The molecular weight excluding hydrogens is 370 g/mol. The lowest BCUT2D eigenvalue weighted by Gasteiger charge is -2.27. The zero-order chi connectivity index (χ0) is 20.2. The molecule has 1 amide bonds. The van der Waals surface area contributed by atoms with Crippen LogP contribution in [0.4, 0.5) is 0 Å². The Morgan fingerprint density at radius 3 is 2.76 bits per heavy atom. The van der Waals surface area contributed by atoms with Crippen LogP contribution in [0.5, 0.6) is 0 Å². The second kappa shape index (κ2) is 8.63. The number of nitrogens with zero attached hydrogens (tertiary/aromatic N) is 1. The van der Waals surface area contributed by atoms with Crippen LogP contribution >= 0.6 is 0 Å². The summed E-state index contributed by atoms with van der Waals surface area (Å²) >= 11 is 0. The van der Waals surface area contributed by atoms with Gasteiger partial charge < -0.3 is 23.9 Å². The smallest absolute Gasteiger partial charge is 0.278 e. The quantitative estimate of drug-likeness (QED) is 0.648. The molecule has 7 heteroatoms. The van der Waals surface area contributed by atoms with Crippen molar-refractivity contribution in [1.29, 1.82) is 0 Å². The van der Waals surface area contributed by atoms with Crippen molar-refractivity contribution >= 4 is 16.8 Å². The minimum absolute atomic E-state index is 0.00189. The number of aromatic nitrogens is 1. The maximum Gasteiger partial charge on any atom is 0.278 e. The van der Waals surface area contributed by atoms with Crippen molar-refractivity contribution in [1.82, 2.24) is 9.88 Å². The highest BCUT2D eigenvalue weighted by Crippen LogP contribution is 2.15. The normalized spacial score (nSPS) is 14.9. The highest BCUT2D eigenvalue weighted by atomic mass is 16.5. The van der Waals surface area contributed by atoms with Gasteiger partial charge in [0, 0.05) is 11.1 Å². The number of ether oxygens (including phenoxy) is 1. The van der Waals surface area contributed by atoms with Gasteiger partial charge in [-0.15, -0.1) is 0 Å². The number of hydrogen-bond acceptors (Lipinski definition) is 4. The van der Waals surface area contributed by atoms with Gasteiger partial charge in [-0.05, 0) is 42.6 Å². The maximum atomic E-state index is 13.1. The minimum Gasteiger partial charge on any atom is -0.467 e. The van der Waals surface area contributed by atoms with E-state index in [1.165, 1.54) is 4.90 Å². The van der Waals surface area contributed by atoms with E-state index in [0.717, 1.165) is 29.6 Å². The lowest BCUT2D eigenvalue weighted by atomic mass is 10.1. The molecule has 0 aliphatic carbocycles. The Bertz CT molecular complexity index is 1040. The summed E-state index contributed by atoms with van der Waals surface area (Å²) in [6.45, 7) is 5.95. The van der Waals surface area contributed by atoms with Crippen molar-refractivity contribution in [3.8, 4) is 0 Å². The molecule has 1 aliphatic rings. The number of rotatable bonds is 6. The molecule has 2 N–H and O–H groups in total. The summed E-state index contributed by atoms with van der Waals surface area (Å²) in [5.74, 6) is 0.699. The number of aromatic amines is 1. The molecule has 1 aliphatic heterocycles. The summed E-state index contributed by atoms with van der Waals surface area (Å²) < 4.78 is 10.8. The molecule has 0 radical (unpaired) electrons. The van der Waals surface area contributed by atoms with Gasteiger partial charge in [0.1, 0.15) is 18.8 Å². The number of carbonyl (C=O) groups is 1. The first-order valence-electron chi connectivity index (χ1n) is 9.92. The van der Waals surface area contributed by atoms with Crippen molar-refractivity contribution in [3.05, 3.63) is 69.9 Å². The van der Waals surface area contributed by atoms with Crippen LogP contribution in [0.2, 0.25) is 0 Å². The third-order valence-electron chi connectivity index (χ3n) is 5.32. The standard InChI is InChI=1S/C22H25N3O4/c1-16-4-5-20-17(11-16)12-18(22(27)23-20)13-25(14-19-3-2-8-29-19)21(26)15-24-6-9-28-10-7-24/h2-5,8,11-12H,6-7,9-10,13-15H2,1H3,(H,23,27)/p+1. The Labute approximate surface area is 168 Å². The number of hydrogen-bond donors (Lipinski definition) is 2. The summed E-state index contributed by atoms with van der Waals surface area (Å²) in [6, 6.07) is 11.4. The second-order valence-corrected chi connectivity index (χ2v) is 7.58. The van der Waals surface area contributed by atoms with Gasteiger partial charge >= 0.3 is 0 Å². The molecule has 7 nitrogen and oxygen atoms in total. The van der Waals surface area contributed by atoms with Crippen LogP contribution in [-0.2, 0) is 22.6 Å². The van der Waals surface area contributed by atoms with Gasteiger partial charge in [0.2, 0.25) is 0 Å². The van der Waals surface area contributed by atoms with Crippen molar-refractivity contribution in [2.75, 3.05) is 32.8 Å². The molecule has 0 atom stereocenters. The van der Waals surface area contributed by atoms with Crippen molar-refractivity contribution in [2.24, 2.45) is 0 Å². The Hall–Kier alpha value is -2.90. The molecule has 29 heavy (non-hydrogen) atoms. The molecule has 0 bridgehead atoms. The zero-order valence-electron chi connectivity index (χ0n) is 16.6. The van der Waals surface area contributed by atoms with E-state index >= 15 is 0 Å². The van der Waals surface area contributed by atoms with E-state index in [1.807, 2.05) is 37.3 Å². The lowest BCUT2D eigenvalue weighted by molar-refractivity contribution is -0.900. The maximum absolute atomic E-state index is 13.1. The minimum atomic E-state index is -0.169. The van der Waals surface area contributed by atoms with Gasteiger partial charge in [-0.25, -0.2) is 0 Å². The molecule has 0 saturated carbocycles. The van der Waals surface area contributed by atoms with E-state index in [4.69, 9.17) is 9.15 Å². The molecule has 2 aromatic heterocycles. The third-order valence-corrected chi connectivity index (χ3v) is 5.32. The van der Waals surface area contributed by atoms with E-state index in [-0.39, 0.29) is 18.0 Å². The number of H-pyrrole nitrogens is 1. The number of nitrogens with one attached hydrogen (secondary N) is 2. The van der Waals surface area contributed by atoms with Gasteiger partial charge in [-0.3, -0.25) is 9.59 Å². The molecular formula is C22H26N3O4+. The fourth-order valence-corrected chi connectivity index (χ4v) is 3.68. The molecule has 152 valence electrons. The number of morpholine rings is 1. The molecule has 3 heterocycles. The highest BCUT2D eigenvalue weighted by Gasteiger charge is 2.24. The third kappa shape index (κ3) is 4.75. The largest absolute Gasteiger partial charge is 0.467 e. The molecule has 0 spiro atoms. The number of pyridine rings is 1. The van der Waals surface area contributed by atoms with E-state index in [1.54, 1.807) is 17.2 Å². The Kier molecular flexibility index (Phi) is 5.78. The van der Waals surface area contributed by atoms with Crippen molar-refractivity contribution in [2.45, 2.75) is 20.0 Å². The number of fused-ring (bicyclic) bond motifs is 1. The van der Waals surface area contributed by atoms with Gasteiger partial charge in [0.15, 0.2) is 6.54 Å². The summed E-state index contributed by atoms with van der Waals surface area (Å²) in [6.07, 6.45) is 1.59. The topological polar surface area (TPSA) is 80.0 Å². The van der Waals surface area contributed by atoms with Crippen LogP contribution in [0.1, 0.15) is 16.9 Å². The molecule has 1 aromatic carbocycles. The van der Waals surface area contributed by atoms with E-state index < -0.39 is 0 Å². The molecule has 4 rings (SSSR count). The number of benzene rings is 1. The Balaban J connectivity index is 1.58. The monoisotopic (exact) mass is 396 g/mol. The fraction of sp³-hybridized carbons (Fsp3) is 0.364. The van der Waals surface area contributed by atoms with Crippen molar-refractivity contribution in [3.63, 3.8) is 0 Å². The van der Waals surface area contributed by atoms with Crippen LogP contribution in [0.25, 0.3) is 10.9 Å². The summed E-state index contributed by atoms with van der Waals surface area (Å²) in [5.41, 5.74) is 2.32. The first-order chi connectivity index (χ1) is 14.1. The molecule has 3 aromatic rings. The molecule has 1 fully saturated rings. The predicted octanol–water partition coefficient (Wildman–Crippen LogP) is 0.873.